The highest BCUT2D eigenvalue weighted by Crippen LogP contribution is 2.24. The number of aromatic nitrogens is 2. The molecule has 10 heteroatoms. The first-order chi connectivity index (χ1) is 15.2. The predicted octanol–water partition coefficient (Wildman–Crippen LogP) is 2.95. The molecule has 0 radical (unpaired) electrons. The Kier molecular flexibility index (Phi) is 8.14. The average Bonchev–Trinajstić information content (AvgIpc) is 3.17. The van der Waals surface area contributed by atoms with Gasteiger partial charge in [-0.15, -0.1) is 0 Å². The van der Waals surface area contributed by atoms with Crippen molar-refractivity contribution < 1.29 is 18.8 Å². The van der Waals surface area contributed by atoms with Crippen molar-refractivity contribution >= 4 is 23.8 Å². The molecule has 2 amide bonds. The first-order valence-electron chi connectivity index (χ1n) is 10.7. The van der Waals surface area contributed by atoms with Crippen molar-refractivity contribution in [2.45, 2.75) is 44.1 Å². The maximum absolute atomic E-state index is 12.7. The summed E-state index contributed by atoms with van der Waals surface area (Å²) in [5.41, 5.74) is 0.873. The van der Waals surface area contributed by atoms with Gasteiger partial charge in [0, 0.05) is 57.3 Å². The second kappa shape index (κ2) is 10.8. The Bertz CT molecular complexity index is 919. The number of aryl methyl sites for hydroxylation is 1. The molecular weight excluding hydrogens is 430 g/mol. The largest absolute Gasteiger partial charge is 0.444 e. The first kappa shape index (κ1) is 24.1. The number of nitrogens with zero attached hydrogens (tertiary/aromatic N) is 4. The van der Waals surface area contributed by atoms with Gasteiger partial charge in [-0.1, -0.05) is 16.9 Å². The smallest absolute Gasteiger partial charge is 0.410 e. The second-order valence-corrected chi connectivity index (χ2v) is 9.60. The summed E-state index contributed by atoms with van der Waals surface area (Å²) in [6, 6.07) is 5.41. The third-order valence-electron chi connectivity index (χ3n) is 4.79. The van der Waals surface area contributed by atoms with Crippen LogP contribution in [0, 0.1) is 6.92 Å². The van der Waals surface area contributed by atoms with E-state index in [1.807, 2.05) is 33.8 Å². The van der Waals surface area contributed by atoms with Crippen molar-refractivity contribution in [1.82, 2.24) is 25.3 Å². The number of ether oxygens (including phenoxy) is 1. The van der Waals surface area contributed by atoms with Gasteiger partial charge in [0.2, 0.25) is 0 Å². The molecule has 0 bridgehead atoms. The van der Waals surface area contributed by atoms with Gasteiger partial charge in [-0.2, -0.15) is 0 Å². The normalized spacial score (nSPS) is 14.9. The number of amides is 2. The SMILES string of the molecule is Cc1cc(CSc2ncccc2C(=O)NCCN2CCN(C(=O)OC(C)(C)C)CC2)no1. The van der Waals surface area contributed by atoms with Crippen molar-refractivity contribution in [1.29, 1.82) is 0 Å². The summed E-state index contributed by atoms with van der Waals surface area (Å²) in [5, 5.41) is 7.62. The molecule has 1 saturated heterocycles. The van der Waals surface area contributed by atoms with Crippen LogP contribution in [0.2, 0.25) is 0 Å². The minimum atomic E-state index is -0.490. The van der Waals surface area contributed by atoms with Gasteiger partial charge in [-0.05, 0) is 39.8 Å². The van der Waals surface area contributed by atoms with Gasteiger partial charge >= 0.3 is 6.09 Å². The maximum atomic E-state index is 12.7. The van der Waals surface area contributed by atoms with Gasteiger partial charge in [-0.25, -0.2) is 9.78 Å². The molecule has 0 unspecified atom stereocenters. The van der Waals surface area contributed by atoms with Gasteiger partial charge in [-0.3, -0.25) is 9.69 Å². The second-order valence-electron chi connectivity index (χ2n) is 8.64. The van der Waals surface area contributed by atoms with Gasteiger partial charge in [0.05, 0.1) is 11.3 Å². The van der Waals surface area contributed by atoms with Crippen LogP contribution in [0.4, 0.5) is 4.79 Å². The van der Waals surface area contributed by atoms with Crippen LogP contribution >= 0.6 is 11.8 Å². The fourth-order valence-electron chi connectivity index (χ4n) is 3.21. The summed E-state index contributed by atoms with van der Waals surface area (Å²) in [5.74, 6) is 1.19. The van der Waals surface area contributed by atoms with Gasteiger partial charge in [0.1, 0.15) is 16.4 Å². The van der Waals surface area contributed by atoms with Crippen LogP contribution < -0.4 is 5.32 Å². The number of hydrogen-bond donors (Lipinski definition) is 1. The van der Waals surface area contributed by atoms with Crippen LogP contribution in [0.1, 0.15) is 42.6 Å². The fraction of sp³-hybridized carbons (Fsp3) is 0.545. The van der Waals surface area contributed by atoms with Crippen molar-refractivity contribution in [3.05, 3.63) is 41.4 Å². The number of piperazine rings is 1. The van der Waals surface area contributed by atoms with Crippen LogP contribution in [-0.2, 0) is 10.5 Å². The van der Waals surface area contributed by atoms with E-state index >= 15 is 0 Å². The number of carbonyl (C=O) groups excluding carboxylic acids is 2. The summed E-state index contributed by atoms with van der Waals surface area (Å²) < 4.78 is 10.5. The van der Waals surface area contributed by atoms with Crippen LogP contribution in [0.15, 0.2) is 33.9 Å². The summed E-state index contributed by atoms with van der Waals surface area (Å²) >= 11 is 1.46. The van der Waals surface area contributed by atoms with E-state index in [1.165, 1.54) is 11.8 Å². The van der Waals surface area contributed by atoms with Gasteiger partial charge in [0.15, 0.2) is 0 Å². The van der Waals surface area contributed by atoms with E-state index in [4.69, 9.17) is 9.26 Å². The maximum Gasteiger partial charge on any atom is 0.410 e. The molecule has 0 spiro atoms. The zero-order chi connectivity index (χ0) is 23.1. The minimum Gasteiger partial charge on any atom is -0.444 e. The molecule has 174 valence electrons. The van der Waals surface area contributed by atoms with E-state index in [9.17, 15) is 9.59 Å². The van der Waals surface area contributed by atoms with Crippen molar-refractivity contribution in [2.24, 2.45) is 0 Å². The van der Waals surface area contributed by atoms with E-state index in [0.29, 0.717) is 36.0 Å². The third-order valence-corrected chi connectivity index (χ3v) is 5.83. The summed E-state index contributed by atoms with van der Waals surface area (Å²) in [6.07, 6.45) is 1.41. The third kappa shape index (κ3) is 7.23. The first-order valence-corrected chi connectivity index (χ1v) is 11.7. The van der Waals surface area contributed by atoms with Crippen LogP contribution in [-0.4, -0.2) is 76.8 Å². The number of carbonyl (C=O) groups is 2. The molecular formula is C22H31N5O4S. The average molecular weight is 462 g/mol. The minimum absolute atomic E-state index is 0.149. The molecule has 2 aromatic rings. The molecule has 32 heavy (non-hydrogen) atoms. The van der Waals surface area contributed by atoms with E-state index in [2.05, 4.69) is 20.4 Å². The molecule has 1 aliphatic heterocycles. The molecule has 0 atom stereocenters. The Labute approximate surface area is 192 Å². The zero-order valence-corrected chi connectivity index (χ0v) is 19.9. The summed E-state index contributed by atoms with van der Waals surface area (Å²) in [4.78, 5) is 33.2. The highest BCUT2D eigenvalue weighted by Gasteiger charge is 2.25. The molecule has 9 nitrogen and oxygen atoms in total. The molecule has 1 aliphatic rings. The quantitative estimate of drug-likeness (QED) is 0.628. The lowest BCUT2D eigenvalue weighted by Gasteiger charge is -2.35. The highest BCUT2D eigenvalue weighted by molar-refractivity contribution is 7.98. The predicted molar refractivity (Wildman–Crippen MR) is 122 cm³/mol. The number of rotatable bonds is 7. The molecule has 1 N–H and O–H groups in total. The van der Waals surface area contributed by atoms with Gasteiger partial charge in [0.25, 0.3) is 5.91 Å². The van der Waals surface area contributed by atoms with Gasteiger partial charge < -0.3 is 19.5 Å². The fourth-order valence-corrected chi connectivity index (χ4v) is 4.08. The van der Waals surface area contributed by atoms with Crippen molar-refractivity contribution in [3.63, 3.8) is 0 Å². The molecule has 3 rings (SSSR count). The lowest BCUT2D eigenvalue weighted by atomic mass is 10.2. The monoisotopic (exact) mass is 461 g/mol. The topological polar surface area (TPSA) is 101 Å². The molecule has 0 aromatic carbocycles. The molecule has 0 saturated carbocycles. The number of thioether (sulfide) groups is 1. The van der Waals surface area contributed by atoms with Crippen LogP contribution in [0.5, 0.6) is 0 Å². The van der Waals surface area contributed by atoms with E-state index in [-0.39, 0.29) is 12.0 Å². The number of hydrogen-bond acceptors (Lipinski definition) is 8. The lowest BCUT2D eigenvalue weighted by Crippen LogP contribution is -2.51. The molecule has 2 aromatic heterocycles. The van der Waals surface area contributed by atoms with E-state index in [1.54, 1.807) is 23.2 Å². The van der Waals surface area contributed by atoms with E-state index < -0.39 is 5.60 Å². The lowest BCUT2D eigenvalue weighted by molar-refractivity contribution is 0.0147. The standard InChI is InChI=1S/C22H31N5O4S/c1-16-14-17(25-31-16)15-32-20-18(6-5-7-24-20)19(28)23-8-9-26-10-12-27(13-11-26)21(29)30-22(2,3)4/h5-7,14H,8-13,15H2,1-4H3,(H,23,28). The summed E-state index contributed by atoms with van der Waals surface area (Å²) in [6.45, 7) is 11.4. The Morgan fingerprint density at radius 2 is 2.00 bits per heavy atom. The zero-order valence-electron chi connectivity index (χ0n) is 19.1. The number of pyridine rings is 1. The Morgan fingerprint density at radius 3 is 2.66 bits per heavy atom. The Hall–Kier alpha value is -2.59. The molecule has 3 heterocycles. The Morgan fingerprint density at radius 1 is 1.25 bits per heavy atom. The van der Waals surface area contributed by atoms with Crippen LogP contribution in [0.3, 0.4) is 0 Å². The molecule has 0 aliphatic carbocycles. The molecule has 1 fully saturated rings. The summed E-state index contributed by atoms with van der Waals surface area (Å²) in [7, 11) is 0. The van der Waals surface area contributed by atoms with E-state index in [0.717, 1.165) is 31.1 Å². The van der Waals surface area contributed by atoms with Crippen molar-refractivity contribution in [2.75, 3.05) is 39.3 Å². The number of nitrogens with one attached hydrogen (secondary N) is 1. The highest BCUT2D eigenvalue weighted by atomic mass is 32.2. The van der Waals surface area contributed by atoms with Crippen LogP contribution in [0.25, 0.3) is 0 Å². The Balaban J connectivity index is 1.42. The van der Waals surface area contributed by atoms with Crippen molar-refractivity contribution in [3.8, 4) is 0 Å².